The van der Waals surface area contributed by atoms with Crippen LogP contribution in [0.4, 0.5) is 0 Å². The predicted octanol–water partition coefficient (Wildman–Crippen LogP) is 0.576. The molecule has 0 aliphatic carbocycles. The third-order valence-corrected chi connectivity index (χ3v) is 8.28. The lowest BCUT2D eigenvalue weighted by Gasteiger charge is -2.23. The Morgan fingerprint density at radius 2 is 1.71 bits per heavy atom. The summed E-state index contributed by atoms with van der Waals surface area (Å²) >= 11 is 0. The molecule has 0 aliphatic heterocycles. The molecule has 0 aromatic rings. The highest BCUT2D eigenvalue weighted by Crippen LogP contribution is 2.15. The summed E-state index contributed by atoms with van der Waals surface area (Å²) in [4.78, 5) is 0. The van der Waals surface area contributed by atoms with Gasteiger partial charge in [0.2, 0.25) is 9.29 Å². The van der Waals surface area contributed by atoms with E-state index in [1.165, 1.54) is 14.2 Å². The molecule has 0 saturated heterocycles. The third-order valence-electron chi connectivity index (χ3n) is 1.73. The van der Waals surface area contributed by atoms with Crippen LogP contribution in [0, 0.1) is 0 Å². The molecule has 0 unspecified atom stereocenters. The summed E-state index contributed by atoms with van der Waals surface area (Å²) in [7, 11) is -4.36. The van der Waals surface area contributed by atoms with Crippen molar-refractivity contribution in [3.63, 3.8) is 0 Å². The second-order valence-electron chi connectivity index (χ2n) is 2.88. The van der Waals surface area contributed by atoms with Gasteiger partial charge < -0.3 is 13.3 Å². The molecule has 0 fully saturated rings. The lowest BCUT2D eigenvalue weighted by molar-refractivity contribution is 0.120. The maximum Gasteiger partial charge on any atom is 0.633 e. The molecule has 0 aliphatic rings. The average Bonchev–Trinajstić information content (AvgIpc) is 2.11. The molecule has 86 valence electrons. The third kappa shape index (κ3) is 3.32. The van der Waals surface area contributed by atoms with Gasteiger partial charge in [0.1, 0.15) is 0 Å². The Morgan fingerprint density at radius 1 is 1.21 bits per heavy atom. The minimum Gasteiger partial charge on any atom is -0.366 e. The Bertz CT molecular complexity index is 247. The molecule has 0 heterocycles. The van der Waals surface area contributed by atoms with E-state index in [2.05, 4.69) is 0 Å². The van der Waals surface area contributed by atoms with Crippen molar-refractivity contribution < 1.29 is 21.7 Å². The van der Waals surface area contributed by atoms with E-state index in [1.807, 2.05) is 6.92 Å². The standard InChI is InChI=1S/C7H18O5SSi/c1-5-6-7-12-14(10-2,11-3)13(4,8)9/h5-7H2,1-4H3. The van der Waals surface area contributed by atoms with Crippen LogP contribution in [0.2, 0.25) is 0 Å². The molecule has 0 rings (SSSR count). The highest BCUT2D eigenvalue weighted by molar-refractivity contribution is 8.19. The van der Waals surface area contributed by atoms with E-state index in [0.29, 0.717) is 6.61 Å². The first-order valence-corrected chi connectivity index (χ1v) is 8.71. The van der Waals surface area contributed by atoms with Crippen LogP contribution >= 0.6 is 0 Å². The number of hydrogen-bond acceptors (Lipinski definition) is 5. The molecule has 0 spiro atoms. The van der Waals surface area contributed by atoms with Gasteiger partial charge in [-0.1, -0.05) is 13.3 Å². The number of unbranched alkanes of at least 4 members (excludes halogenated alkanes) is 1. The molecule has 7 heteroatoms. The summed E-state index contributed by atoms with van der Waals surface area (Å²) in [5.41, 5.74) is 0. The molecule has 0 bridgehead atoms. The van der Waals surface area contributed by atoms with Gasteiger partial charge in [0.25, 0.3) is 0 Å². The van der Waals surface area contributed by atoms with Crippen molar-refractivity contribution in [2.24, 2.45) is 0 Å². The predicted molar refractivity (Wildman–Crippen MR) is 55.5 cm³/mol. The highest BCUT2D eigenvalue weighted by Gasteiger charge is 2.52. The Balaban J connectivity index is 4.56. The molecule has 0 atom stereocenters. The lowest BCUT2D eigenvalue weighted by atomic mass is 10.4. The lowest BCUT2D eigenvalue weighted by Crippen LogP contribution is -2.51. The minimum atomic E-state index is -3.51. The smallest absolute Gasteiger partial charge is 0.366 e. The Hall–Kier alpha value is 0.0469. The first-order chi connectivity index (χ1) is 6.43. The highest BCUT2D eigenvalue weighted by atomic mass is 32.4. The van der Waals surface area contributed by atoms with Crippen molar-refractivity contribution in [1.82, 2.24) is 0 Å². The number of hydrogen-bond donors (Lipinski definition) is 0. The van der Waals surface area contributed by atoms with E-state index < -0.39 is 17.2 Å². The topological polar surface area (TPSA) is 61.8 Å². The van der Waals surface area contributed by atoms with Crippen LogP contribution < -0.4 is 0 Å². The molecule has 0 aromatic heterocycles. The largest absolute Gasteiger partial charge is 0.633 e. The first kappa shape index (κ1) is 14.0. The van der Waals surface area contributed by atoms with Gasteiger partial charge in [-0.2, -0.15) is 0 Å². The summed E-state index contributed by atoms with van der Waals surface area (Å²) < 4.78 is 37.8. The van der Waals surface area contributed by atoms with Crippen LogP contribution in [0.15, 0.2) is 0 Å². The van der Waals surface area contributed by atoms with Crippen molar-refractivity contribution >= 4 is 17.2 Å². The molecule has 5 nitrogen and oxygen atoms in total. The van der Waals surface area contributed by atoms with Gasteiger partial charge in [0, 0.05) is 27.1 Å². The van der Waals surface area contributed by atoms with Gasteiger partial charge in [-0.3, -0.25) is 0 Å². The maximum atomic E-state index is 11.4. The first-order valence-electron chi connectivity index (χ1n) is 4.37. The van der Waals surface area contributed by atoms with Crippen LogP contribution in [0.3, 0.4) is 0 Å². The quantitative estimate of drug-likeness (QED) is 0.482. The van der Waals surface area contributed by atoms with Gasteiger partial charge >= 0.3 is 7.95 Å². The maximum absolute atomic E-state index is 11.4. The molecule has 14 heavy (non-hydrogen) atoms. The van der Waals surface area contributed by atoms with Gasteiger partial charge in [-0.25, -0.2) is 8.42 Å². The van der Waals surface area contributed by atoms with Crippen molar-refractivity contribution in [1.29, 1.82) is 0 Å². The second kappa shape index (κ2) is 5.81. The second-order valence-corrected chi connectivity index (χ2v) is 10.3. The molecular weight excluding hydrogens is 224 g/mol. The van der Waals surface area contributed by atoms with E-state index in [4.69, 9.17) is 13.3 Å². The SMILES string of the molecule is CCCCO[Si](OC)(OC)S(C)(=O)=O. The van der Waals surface area contributed by atoms with Gasteiger partial charge in [-0.05, 0) is 6.42 Å². The Kier molecular flexibility index (Phi) is 5.83. The fraction of sp³-hybridized carbons (Fsp3) is 1.00. The minimum absolute atomic E-state index is 0.345. The summed E-state index contributed by atoms with van der Waals surface area (Å²) in [6, 6.07) is 0. The summed E-state index contributed by atoms with van der Waals surface area (Å²) in [6.07, 6.45) is 2.79. The zero-order valence-corrected chi connectivity index (χ0v) is 10.9. The summed E-state index contributed by atoms with van der Waals surface area (Å²) in [5, 5.41) is 0. The normalized spacial score (nSPS) is 13.1. The average molecular weight is 242 g/mol. The van der Waals surface area contributed by atoms with Gasteiger partial charge in [-0.15, -0.1) is 0 Å². The molecule has 0 amide bonds. The van der Waals surface area contributed by atoms with Crippen molar-refractivity contribution in [2.45, 2.75) is 19.8 Å². The Morgan fingerprint density at radius 3 is 2.00 bits per heavy atom. The van der Waals surface area contributed by atoms with E-state index in [9.17, 15) is 8.42 Å². The van der Waals surface area contributed by atoms with Crippen molar-refractivity contribution in [3.8, 4) is 0 Å². The van der Waals surface area contributed by atoms with Crippen LogP contribution in [0.25, 0.3) is 0 Å². The van der Waals surface area contributed by atoms with Crippen LogP contribution in [0.1, 0.15) is 19.8 Å². The zero-order valence-electron chi connectivity index (χ0n) is 9.07. The molecule has 0 aromatic carbocycles. The molecular formula is C7H18O5SSi. The van der Waals surface area contributed by atoms with Crippen LogP contribution in [-0.4, -0.2) is 43.5 Å². The van der Waals surface area contributed by atoms with Crippen LogP contribution in [-0.2, 0) is 22.6 Å². The summed E-state index contributed by atoms with van der Waals surface area (Å²) in [5.74, 6) is 0. The van der Waals surface area contributed by atoms with Gasteiger partial charge in [0.05, 0.1) is 0 Å². The van der Waals surface area contributed by atoms with Gasteiger partial charge in [0.15, 0.2) is 0 Å². The molecule has 0 radical (unpaired) electrons. The zero-order chi connectivity index (χ0) is 11.2. The van der Waals surface area contributed by atoms with Crippen molar-refractivity contribution in [2.75, 3.05) is 27.1 Å². The van der Waals surface area contributed by atoms with Crippen molar-refractivity contribution in [3.05, 3.63) is 0 Å². The number of rotatable bonds is 7. The fourth-order valence-electron chi connectivity index (χ4n) is 0.952. The molecule has 0 N–H and O–H groups in total. The fourth-order valence-corrected chi connectivity index (χ4v) is 5.28. The van der Waals surface area contributed by atoms with E-state index in [1.54, 1.807) is 0 Å². The van der Waals surface area contributed by atoms with E-state index in [0.717, 1.165) is 19.1 Å². The van der Waals surface area contributed by atoms with E-state index in [-0.39, 0.29) is 0 Å². The van der Waals surface area contributed by atoms with Crippen LogP contribution in [0.5, 0.6) is 0 Å². The monoisotopic (exact) mass is 242 g/mol. The molecule has 0 saturated carbocycles. The summed E-state index contributed by atoms with van der Waals surface area (Å²) in [6.45, 7) is 2.34. The Labute approximate surface area is 86.3 Å². The van der Waals surface area contributed by atoms with E-state index >= 15 is 0 Å².